The number of pyridine rings is 1. The van der Waals surface area contributed by atoms with E-state index in [1.54, 1.807) is 56.2 Å². The number of amides is 4. The maximum Gasteiger partial charge on any atom is 0.407 e. The van der Waals surface area contributed by atoms with Gasteiger partial charge in [-0.1, -0.05) is 77.9 Å². The van der Waals surface area contributed by atoms with Gasteiger partial charge in [-0.2, -0.15) is 0 Å². The van der Waals surface area contributed by atoms with Crippen molar-refractivity contribution in [2.45, 2.75) is 78.6 Å². The summed E-state index contributed by atoms with van der Waals surface area (Å²) < 4.78 is 4.72. The van der Waals surface area contributed by atoms with Crippen LogP contribution in [0.2, 0.25) is 0 Å². The Morgan fingerprint density at radius 3 is 2.00 bits per heavy atom. The molecule has 0 aliphatic carbocycles. The second-order valence-electron chi connectivity index (χ2n) is 13.0. The van der Waals surface area contributed by atoms with E-state index in [1.807, 2.05) is 45.0 Å². The third kappa shape index (κ3) is 10.9. The van der Waals surface area contributed by atoms with Crippen LogP contribution in [0.5, 0.6) is 0 Å². The van der Waals surface area contributed by atoms with Crippen molar-refractivity contribution in [1.82, 2.24) is 31.4 Å². The Balaban J connectivity index is 2.42. The van der Waals surface area contributed by atoms with E-state index < -0.39 is 46.4 Å². The lowest BCUT2D eigenvalue weighted by Crippen LogP contribution is -2.60. The number of aliphatic hydroxyl groups is 1. The fourth-order valence-electron chi connectivity index (χ4n) is 4.55. The van der Waals surface area contributed by atoms with E-state index >= 15 is 0 Å². The molecule has 12 heteroatoms. The van der Waals surface area contributed by atoms with Crippen LogP contribution in [0.15, 0.2) is 54.7 Å². The maximum absolute atomic E-state index is 13.8. The number of rotatable bonds is 13. The van der Waals surface area contributed by atoms with Crippen molar-refractivity contribution >= 4 is 23.8 Å². The molecule has 2 aromatic rings. The lowest BCUT2D eigenvalue weighted by Gasteiger charge is -2.36. The number of ether oxygens (including phenoxy) is 1. The molecule has 0 fully saturated rings. The Labute approximate surface area is 260 Å². The molecule has 1 aromatic carbocycles. The molecule has 3 atom stereocenters. The van der Waals surface area contributed by atoms with Gasteiger partial charge in [0.05, 0.1) is 19.3 Å². The first-order valence-electron chi connectivity index (χ1n) is 14.6. The zero-order chi connectivity index (χ0) is 33.1. The summed E-state index contributed by atoms with van der Waals surface area (Å²) in [7, 11) is 2.70. The monoisotopic (exact) mass is 612 g/mol. The van der Waals surface area contributed by atoms with Crippen molar-refractivity contribution in [3.63, 3.8) is 0 Å². The van der Waals surface area contributed by atoms with Gasteiger partial charge in [-0.3, -0.25) is 24.8 Å². The highest BCUT2D eigenvalue weighted by atomic mass is 16.5. The van der Waals surface area contributed by atoms with E-state index in [2.05, 4.69) is 26.4 Å². The summed E-state index contributed by atoms with van der Waals surface area (Å²) in [5.41, 5.74) is 0.915. The number of carbonyl (C=O) groups excluding carboxylic acids is 4. The largest absolute Gasteiger partial charge is 0.453 e. The quantitative estimate of drug-likeness (QED) is 0.215. The lowest BCUT2D eigenvalue weighted by molar-refractivity contribution is -0.145. The molecule has 0 unspecified atom stereocenters. The Morgan fingerprint density at radius 2 is 1.48 bits per heavy atom. The number of nitrogens with one attached hydrogen (secondary N) is 4. The van der Waals surface area contributed by atoms with Crippen molar-refractivity contribution in [3.8, 4) is 0 Å². The number of aromatic nitrogens is 1. The maximum atomic E-state index is 13.8. The minimum Gasteiger partial charge on any atom is -0.453 e. The molecule has 5 N–H and O–H groups in total. The van der Waals surface area contributed by atoms with Gasteiger partial charge >= 0.3 is 6.09 Å². The zero-order valence-electron chi connectivity index (χ0n) is 27.1. The molecular formula is C32H48N6O6. The van der Waals surface area contributed by atoms with Gasteiger partial charge in [0, 0.05) is 32.6 Å². The SMILES string of the molecule is CNC(=O)[C@@H](NC(=O)[C@@](O)(CCN(Cc1ccccn1)NC(=O)[C@@H](NC(=O)OC)C(C)(C)C)Cc1ccccc1)C(C)(C)C. The van der Waals surface area contributed by atoms with Crippen LogP contribution < -0.4 is 21.4 Å². The number of nitrogens with zero attached hydrogens (tertiary/aromatic N) is 2. The molecule has 4 amide bonds. The molecule has 44 heavy (non-hydrogen) atoms. The average molecular weight is 613 g/mol. The minimum absolute atomic E-state index is 0.0221. The van der Waals surface area contributed by atoms with Gasteiger partial charge in [0.2, 0.25) is 5.91 Å². The summed E-state index contributed by atoms with van der Waals surface area (Å²) >= 11 is 0. The molecule has 1 aromatic heterocycles. The predicted octanol–water partition coefficient (Wildman–Crippen LogP) is 2.33. The number of alkyl carbamates (subject to hydrolysis) is 1. The fourth-order valence-corrected chi connectivity index (χ4v) is 4.55. The summed E-state index contributed by atoms with van der Waals surface area (Å²) in [5.74, 6) is -1.61. The average Bonchev–Trinajstić information content (AvgIpc) is 2.96. The third-order valence-electron chi connectivity index (χ3n) is 7.13. The molecule has 0 aliphatic heterocycles. The van der Waals surface area contributed by atoms with E-state index in [-0.39, 0.29) is 31.8 Å². The van der Waals surface area contributed by atoms with Gasteiger partial charge in [0.15, 0.2) is 0 Å². The fraction of sp³-hybridized carbons (Fsp3) is 0.531. The van der Waals surface area contributed by atoms with Crippen molar-refractivity contribution in [2.24, 2.45) is 10.8 Å². The van der Waals surface area contributed by atoms with Gasteiger partial charge in [-0.05, 0) is 28.5 Å². The molecule has 0 spiro atoms. The number of likely N-dealkylation sites (N-methyl/N-ethyl adjacent to an activating group) is 1. The number of hydrogen-bond acceptors (Lipinski definition) is 8. The first-order valence-corrected chi connectivity index (χ1v) is 14.6. The summed E-state index contributed by atoms with van der Waals surface area (Å²) in [4.78, 5) is 56.4. The van der Waals surface area contributed by atoms with Crippen LogP contribution in [0.1, 0.15) is 59.2 Å². The Bertz CT molecular complexity index is 1250. The molecule has 242 valence electrons. The van der Waals surface area contributed by atoms with E-state index in [0.717, 1.165) is 0 Å². The standard InChI is InChI=1S/C32H48N6O6/c1-30(2,3)24(26(39)33-7)35-28(41)32(43,20-22-14-10-9-11-15-22)17-19-38(21-23-16-12-13-18-34-23)37-27(40)25(31(4,5)6)36-29(42)44-8/h9-16,18,24-25,43H,17,19-21H2,1-8H3,(H,33,39)(H,35,41)(H,36,42)(H,37,40)/t24-,25-,32-/m1/s1. The number of benzene rings is 1. The van der Waals surface area contributed by atoms with Crippen LogP contribution in [0.3, 0.4) is 0 Å². The van der Waals surface area contributed by atoms with Gasteiger partial charge in [0.1, 0.15) is 17.7 Å². The third-order valence-corrected chi connectivity index (χ3v) is 7.13. The topological polar surface area (TPSA) is 162 Å². The number of carbonyl (C=O) groups is 4. The molecule has 0 aliphatic rings. The van der Waals surface area contributed by atoms with Crippen LogP contribution in [-0.2, 0) is 32.1 Å². The van der Waals surface area contributed by atoms with Crippen molar-refractivity contribution in [1.29, 1.82) is 0 Å². The first kappa shape index (κ1) is 36.2. The van der Waals surface area contributed by atoms with Crippen molar-refractivity contribution in [3.05, 3.63) is 66.0 Å². The Hall–Kier alpha value is -4.03. The van der Waals surface area contributed by atoms with Gasteiger partial charge < -0.3 is 25.8 Å². The van der Waals surface area contributed by atoms with E-state index in [0.29, 0.717) is 11.3 Å². The number of hydrazine groups is 1. The summed E-state index contributed by atoms with van der Waals surface area (Å²) in [5, 5.41) is 21.4. The highest BCUT2D eigenvalue weighted by Gasteiger charge is 2.42. The molecule has 1 heterocycles. The molecule has 0 radical (unpaired) electrons. The number of methoxy groups -OCH3 is 1. The second kappa shape index (κ2) is 15.6. The minimum atomic E-state index is -1.96. The predicted molar refractivity (Wildman–Crippen MR) is 167 cm³/mol. The molecular weight excluding hydrogens is 564 g/mol. The van der Waals surface area contributed by atoms with Crippen LogP contribution in [0, 0.1) is 10.8 Å². The summed E-state index contributed by atoms with van der Waals surface area (Å²) in [6.07, 6.45) is 0.714. The zero-order valence-corrected chi connectivity index (χ0v) is 27.1. The van der Waals surface area contributed by atoms with Crippen molar-refractivity contribution in [2.75, 3.05) is 20.7 Å². The van der Waals surface area contributed by atoms with Gasteiger partial charge in [0.25, 0.3) is 11.8 Å². The van der Waals surface area contributed by atoms with E-state index in [4.69, 9.17) is 4.74 Å². The normalized spacial score (nSPS) is 14.5. The van der Waals surface area contributed by atoms with Crippen LogP contribution in [0.25, 0.3) is 0 Å². The smallest absolute Gasteiger partial charge is 0.407 e. The molecule has 0 bridgehead atoms. The highest BCUT2D eigenvalue weighted by Crippen LogP contribution is 2.24. The molecule has 12 nitrogen and oxygen atoms in total. The second-order valence-corrected chi connectivity index (χ2v) is 13.0. The van der Waals surface area contributed by atoms with Crippen LogP contribution in [-0.4, -0.2) is 77.3 Å². The van der Waals surface area contributed by atoms with Gasteiger partial charge in [-0.15, -0.1) is 0 Å². The molecule has 0 saturated heterocycles. The summed E-state index contributed by atoms with van der Waals surface area (Å²) in [6.45, 7) is 11.0. The lowest BCUT2D eigenvalue weighted by atomic mass is 9.84. The van der Waals surface area contributed by atoms with Crippen LogP contribution in [0.4, 0.5) is 4.79 Å². The number of hydrogen-bond donors (Lipinski definition) is 5. The molecule has 2 rings (SSSR count). The Kier molecular flexibility index (Phi) is 12.8. The van der Waals surface area contributed by atoms with Crippen LogP contribution >= 0.6 is 0 Å². The Morgan fingerprint density at radius 1 is 0.886 bits per heavy atom. The first-order chi connectivity index (χ1) is 20.5. The van der Waals surface area contributed by atoms with Crippen molar-refractivity contribution < 1.29 is 29.0 Å². The van der Waals surface area contributed by atoms with E-state index in [9.17, 15) is 24.3 Å². The molecule has 0 saturated carbocycles. The van der Waals surface area contributed by atoms with E-state index in [1.165, 1.54) is 14.2 Å². The highest BCUT2D eigenvalue weighted by molar-refractivity contribution is 5.92. The summed E-state index contributed by atoms with van der Waals surface area (Å²) in [6, 6.07) is 12.5. The van der Waals surface area contributed by atoms with Gasteiger partial charge in [-0.25, -0.2) is 9.80 Å².